The molecule has 1 N–H and O–H groups in total. The van der Waals surface area contributed by atoms with Gasteiger partial charge in [-0.1, -0.05) is 25.5 Å². The molecule has 1 aromatic carbocycles. The van der Waals surface area contributed by atoms with Gasteiger partial charge in [-0.2, -0.15) is 4.31 Å². The van der Waals surface area contributed by atoms with Crippen LogP contribution in [0.3, 0.4) is 0 Å². The Hall–Kier alpha value is -2.46. The van der Waals surface area contributed by atoms with E-state index >= 15 is 0 Å². The smallest absolute Gasteiger partial charge is 0.325 e. The Morgan fingerprint density at radius 2 is 1.72 bits per heavy atom. The van der Waals surface area contributed by atoms with Crippen LogP contribution in [-0.4, -0.2) is 78.6 Å². The number of piperazine rings is 1. The molecular weight excluding hydrogens is 432 g/mol. The van der Waals surface area contributed by atoms with Gasteiger partial charge in [0.1, 0.15) is 12.1 Å². The van der Waals surface area contributed by atoms with Gasteiger partial charge < -0.3 is 10.2 Å². The number of amides is 4. The summed E-state index contributed by atoms with van der Waals surface area (Å²) in [5, 5.41) is 2.74. The first kappa shape index (κ1) is 22.7. The van der Waals surface area contributed by atoms with Crippen LogP contribution in [-0.2, 0) is 26.0 Å². The molecule has 1 saturated carbocycles. The zero-order valence-corrected chi connectivity index (χ0v) is 19.4. The molecule has 0 spiro atoms. The van der Waals surface area contributed by atoms with E-state index in [0.29, 0.717) is 0 Å². The number of imide groups is 1. The third kappa shape index (κ3) is 4.13. The summed E-state index contributed by atoms with van der Waals surface area (Å²) in [5.41, 5.74) is 0.178. The molecule has 32 heavy (non-hydrogen) atoms. The monoisotopic (exact) mass is 462 g/mol. The molecule has 0 unspecified atom stereocenters. The fraction of sp³-hybridized carbons (Fsp3) is 0.591. The summed E-state index contributed by atoms with van der Waals surface area (Å²) in [7, 11) is -3.63. The van der Waals surface area contributed by atoms with Gasteiger partial charge in [0.25, 0.3) is 5.91 Å². The summed E-state index contributed by atoms with van der Waals surface area (Å²) in [6, 6.07) is 6.40. The fourth-order valence-electron chi connectivity index (χ4n) is 4.48. The number of rotatable bonds is 7. The first-order chi connectivity index (χ1) is 15.2. The SMILES string of the molecule is CCCc1ccc(S(=O)(=O)N2CCN(C(=O)CN3C(=O)N[C@](C)(C4CC4)C3=O)CC2)cc1. The number of sulfonamides is 1. The molecule has 3 fully saturated rings. The normalized spacial score (nSPS) is 24.7. The zero-order valence-electron chi connectivity index (χ0n) is 18.5. The number of aryl methyl sites for hydroxylation is 1. The molecule has 174 valence electrons. The van der Waals surface area contributed by atoms with Gasteiger partial charge in [0, 0.05) is 26.2 Å². The molecule has 1 aliphatic carbocycles. The van der Waals surface area contributed by atoms with Crippen molar-refractivity contribution in [3.8, 4) is 0 Å². The van der Waals surface area contributed by atoms with Crippen molar-refractivity contribution in [2.24, 2.45) is 5.92 Å². The summed E-state index contributed by atoms with van der Waals surface area (Å²) in [5.74, 6) is -0.579. The van der Waals surface area contributed by atoms with Gasteiger partial charge in [-0.15, -0.1) is 0 Å². The van der Waals surface area contributed by atoms with Gasteiger partial charge in [0.2, 0.25) is 15.9 Å². The van der Waals surface area contributed by atoms with Gasteiger partial charge >= 0.3 is 6.03 Å². The highest BCUT2D eigenvalue weighted by Gasteiger charge is 2.56. The lowest BCUT2D eigenvalue weighted by molar-refractivity contribution is -0.139. The molecule has 1 atom stereocenters. The topological polar surface area (TPSA) is 107 Å². The molecule has 4 rings (SSSR count). The lowest BCUT2D eigenvalue weighted by Gasteiger charge is -2.34. The van der Waals surface area contributed by atoms with Crippen LogP contribution >= 0.6 is 0 Å². The molecular formula is C22H30N4O5S. The first-order valence-electron chi connectivity index (χ1n) is 11.2. The van der Waals surface area contributed by atoms with Crippen LogP contribution in [0.25, 0.3) is 0 Å². The van der Waals surface area contributed by atoms with E-state index in [1.54, 1.807) is 19.1 Å². The number of nitrogens with zero attached hydrogens (tertiary/aromatic N) is 3. The van der Waals surface area contributed by atoms with Crippen LogP contribution in [0.1, 0.15) is 38.7 Å². The molecule has 2 heterocycles. The minimum Gasteiger partial charge on any atom is -0.338 e. The van der Waals surface area contributed by atoms with Crippen LogP contribution in [0.5, 0.6) is 0 Å². The van der Waals surface area contributed by atoms with Gasteiger partial charge in [-0.05, 0) is 49.8 Å². The van der Waals surface area contributed by atoms with Crippen molar-refractivity contribution in [1.29, 1.82) is 0 Å². The van der Waals surface area contributed by atoms with Crippen LogP contribution in [0.2, 0.25) is 0 Å². The summed E-state index contributed by atoms with van der Waals surface area (Å²) in [4.78, 5) is 40.5. The zero-order chi connectivity index (χ0) is 23.1. The Bertz CT molecular complexity index is 1010. The number of benzene rings is 1. The highest BCUT2D eigenvalue weighted by molar-refractivity contribution is 7.89. The maximum atomic E-state index is 13.0. The van der Waals surface area contributed by atoms with Crippen LogP contribution in [0.15, 0.2) is 29.2 Å². The molecule has 1 aromatic rings. The second-order valence-electron chi connectivity index (χ2n) is 8.98. The quantitative estimate of drug-likeness (QED) is 0.613. The number of nitrogens with one attached hydrogen (secondary N) is 1. The van der Waals surface area contributed by atoms with Crippen molar-refractivity contribution in [3.63, 3.8) is 0 Å². The van der Waals surface area contributed by atoms with E-state index in [4.69, 9.17) is 0 Å². The van der Waals surface area contributed by atoms with E-state index < -0.39 is 21.6 Å². The number of hydrogen-bond donors (Lipinski definition) is 1. The molecule has 3 aliphatic rings. The minimum atomic E-state index is -3.63. The average Bonchev–Trinajstić information content (AvgIpc) is 3.60. The van der Waals surface area contributed by atoms with E-state index in [1.807, 2.05) is 12.1 Å². The first-order valence-corrected chi connectivity index (χ1v) is 12.6. The van der Waals surface area contributed by atoms with Crippen molar-refractivity contribution >= 4 is 27.9 Å². The molecule has 9 nitrogen and oxygen atoms in total. The second-order valence-corrected chi connectivity index (χ2v) is 10.9. The highest BCUT2D eigenvalue weighted by atomic mass is 32.2. The number of hydrogen-bond acceptors (Lipinski definition) is 5. The van der Waals surface area contributed by atoms with Gasteiger partial charge in [-0.25, -0.2) is 13.2 Å². The van der Waals surface area contributed by atoms with Crippen molar-refractivity contribution in [2.75, 3.05) is 32.7 Å². The van der Waals surface area contributed by atoms with Gasteiger partial charge in [0.15, 0.2) is 0 Å². The summed E-state index contributed by atoms with van der Waals surface area (Å²) in [6.07, 6.45) is 3.68. The molecule has 0 aromatic heterocycles. The standard InChI is InChI=1S/C22H30N4O5S/c1-3-4-16-5-9-18(10-6-16)32(30,31)25-13-11-24(12-14-25)19(27)15-26-20(28)22(2,17-7-8-17)23-21(26)29/h5-6,9-10,17H,3-4,7-8,11-15H2,1-2H3,(H,23,29)/t22-/m1/s1. The summed E-state index contributed by atoms with van der Waals surface area (Å²) in [6.45, 7) is 4.25. The Balaban J connectivity index is 1.34. The Morgan fingerprint density at radius 3 is 2.28 bits per heavy atom. The lowest BCUT2D eigenvalue weighted by Crippen LogP contribution is -2.53. The number of carbonyl (C=O) groups is 3. The molecule has 10 heteroatoms. The summed E-state index contributed by atoms with van der Waals surface area (Å²) < 4.78 is 27.3. The van der Waals surface area contributed by atoms with Gasteiger partial charge in [0.05, 0.1) is 4.90 Å². The highest BCUT2D eigenvalue weighted by Crippen LogP contribution is 2.42. The molecule has 0 bridgehead atoms. The maximum Gasteiger partial charge on any atom is 0.325 e. The molecule has 0 radical (unpaired) electrons. The molecule has 2 saturated heterocycles. The Kier molecular flexibility index (Phi) is 6.02. The lowest BCUT2D eigenvalue weighted by atomic mass is 9.96. The van der Waals surface area contributed by atoms with E-state index in [0.717, 1.165) is 36.1 Å². The minimum absolute atomic E-state index is 0.129. The van der Waals surface area contributed by atoms with Crippen molar-refractivity contribution in [2.45, 2.75) is 50.0 Å². The largest absolute Gasteiger partial charge is 0.338 e. The molecule has 4 amide bonds. The van der Waals surface area contributed by atoms with Crippen LogP contribution in [0.4, 0.5) is 4.79 Å². The van der Waals surface area contributed by atoms with Crippen molar-refractivity contribution in [3.05, 3.63) is 29.8 Å². The third-order valence-electron chi connectivity index (χ3n) is 6.68. The molecule has 2 aliphatic heterocycles. The summed E-state index contributed by atoms with van der Waals surface area (Å²) >= 11 is 0. The van der Waals surface area contributed by atoms with Crippen LogP contribution in [0, 0.1) is 5.92 Å². The van der Waals surface area contributed by atoms with Crippen molar-refractivity contribution < 1.29 is 22.8 Å². The van der Waals surface area contributed by atoms with Crippen LogP contribution < -0.4 is 5.32 Å². The maximum absolute atomic E-state index is 13.0. The third-order valence-corrected chi connectivity index (χ3v) is 8.59. The van der Waals surface area contributed by atoms with E-state index in [1.165, 1.54) is 9.21 Å². The number of urea groups is 1. The Labute approximate surface area is 188 Å². The van der Waals surface area contributed by atoms with E-state index in [2.05, 4.69) is 12.2 Å². The predicted octanol–water partition coefficient (Wildman–Crippen LogP) is 1.19. The van der Waals surface area contributed by atoms with E-state index in [9.17, 15) is 22.8 Å². The number of carbonyl (C=O) groups excluding carboxylic acids is 3. The Morgan fingerprint density at radius 1 is 1.09 bits per heavy atom. The van der Waals surface area contributed by atoms with E-state index in [-0.39, 0.29) is 55.4 Å². The fourth-order valence-corrected chi connectivity index (χ4v) is 5.90. The van der Waals surface area contributed by atoms with Gasteiger partial charge in [-0.3, -0.25) is 14.5 Å². The average molecular weight is 463 g/mol. The predicted molar refractivity (Wildman–Crippen MR) is 117 cm³/mol. The second kappa shape index (κ2) is 8.47. The van der Waals surface area contributed by atoms with Crippen molar-refractivity contribution in [1.82, 2.24) is 19.4 Å².